The number of aromatic nitrogens is 3. The van der Waals surface area contributed by atoms with Gasteiger partial charge in [-0.3, -0.25) is 4.68 Å². The molecule has 0 aliphatic heterocycles. The van der Waals surface area contributed by atoms with Gasteiger partial charge in [-0.15, -0.1) is 11.3 Å². The number of nitrogens with zero attached hydrogens (tertiary/aromatic N) is 3. The molecular weight excluding hydrogens is 268 g/mol. The van der Waals surface area contributed by atoms with Gasteiger partial charge in [0.15, 0.2) is 5.65 Å². The molecule has 5 heteroatoms. The van der Waals surface area contributed by atoms with E-state index in [0.29, 0.717) is 6.04 Å². The van der Waals surface area contributed by atoms with E-state index >= 15 is 0 Å². The van der Waals surface area contributed by atoms with E-state index in [1.807, 2.05) is 24.9 Å². The van der Waals surface area contributed by atoms with Gasteiger partial charge in [0, 0.05) is 17.3 Å². The summed E-state index contributed by atoms with van der Waals surface area (Å²) in [4.78, 5) is 5.87. The van der Waals surface area contributed by atoms with Crippen LogP contribution in [-0.2, 0) is 7.05 Å². The molecule has 4 nitrogen and oxygen atoms in total. The normalized spacial score (nSPS) is 12.8. The number of aryl methyl sites for hydroxylation is 2. The lowest BCUT2D eigenvalue weighted by atomic mass is 10.1. The molecule has 0 saturated carbocycles. The number of nitrogens with one attached hydrogen (secondary N) is 1. The van der Waals surface area contributed by atoms with Gasteiger partial charge < -0.3 is 5.32 Å². The Hall–Kier alpha value is -1.88. The molecular formula is C15H18N4S. The van der Waals surface area contributed by atoms with E-state index in [0.717, 1.165) is 28.8 Å². The third kappa shape index (κ3) is 2.29. The van der Waals surface area contributed by atoms with E-state index in [-0.39, 0.29) is 0 Å². The molecule has 104 valence electrons. The van der Waals surface area contributed by atoms with Gasteiger partial charge in [0.1, 0.15) is 0 Å². The number of rotatable bonds is 4. The minimum Gasteiger partial charge on any atom is -0.376 e. The van der Waals surface area contributed by atoms with Crippen LogP contribution >= 0.6 is 11.3 Å². The third-order valence-corrected chi connectivity index (χ3v) is 4.48. The van der Waals surface area contributed by atoms with Crippen LogP contribution in [0.15, 0.2) is 29.8 Å². The standard InChI is InChI=1S/C15H18N4S/c1-4-13(14-6-5-7-20-14)17-11-8-12-10(2)18-19(3)15(12)16-9-11/h5-9,13,17H,4H2,1-3H3. The fourth-order valence-electron chi connectivity index (χ4n) is 2.45. The lowest BCUT2D eigenvalue weighted by Crippen LogP contribution is -2.08. The maximum atomic E-state index is 4.51. The summed E-state index contributed by atoms with van der Waals surface area (Å²) < 4.78 is 1.82. The zero-order valence-electron chi connectivity index (χ0n) is 11.9. The number of thiophene rings is 1. The van der Waals surface area contributed by atoms with Crippen molar-refractivity contribution in [3.05, 3.63) is 40.3 Å². The van der Waals surface area contributed by atoms with E-state index in [4.69, 9.17) is 0 Å². The van der Waals surface area contributed by atoms with Gasteiger partial charge in [-0.2, -0.15) is 5.10 Å². The molecule has 0 bridgehead atoms. The minimum atomic E-state index is 0.339. The Bertz CT molecular complexity index is 715. The van der Waals surface area contributed by atoms with Crippen molar-refractivity contribution in [2.24, 2.45) is 7.05 Å². The summed E-state index contributed by atoms with van der Waals surface area (Å²) in [5.74, 6) is 0. The van der Waals surface area contributed by atoms with Gasteiger partial charge in [-0.05, 0) is 30.9 Å². The molecule has 0 fully saturated rings. The predicted octanol–water partition coefficient (Wildman–Crippen LogP) is 3.90. The van der Waals surface area contributed by atoms with Crippen LogP contribution in [0.4, 0.5) is 5.69 Å². The quantitative estimate of drug-likeness (QED) is 0.791. The van der Waals surface area contributed by atoms with Gasteiger partial charge in [-0.25, -0.2) is 4.98 Å². The number of hydrogen-bond donors (Lipinski definition) is 1. The van der Waals surface area contributed by atoms with Crippen LogP contribution in [0.25, 0.3) is 11.0 Å². The van der Waals surface area contributed by atoms with Gasteiger partial charge in [0.05, 0.1) is 23.6 Å². The van der Waals surface area contributed by atoms with Crippen molar-refractivity contribution in [3.8, 4) is 0 Å². The largest absolute Gasteiger partial charge is 0.376 e. The smallest absolute Gasteiger partial charge is 0.157 e. The van der Waals surface area contributed by atoms with Gasteiger partial charge >= 0.3 is 0 Å². The number of anilines is 1. The first kappa shape index (κ1) is 13.1. The summed E-state index contributed by atoms with van der Waals surface area (Å²) in [7, 11) is 1.93. The third-order valence-electron chi connectivity index (χ3n) is 3.50. The maximum Gasteiger partial charge on any atom is 0.157 e. The second kappa shape index (κ2) is 5.25. The predicted molar refractivity (Wildman–Crippen MR) is 84.2 cm³/mol. The average molecular weight is 286 g/mol. The Kier molecular flexibility index (Phi) is 3.44. The molecule has 0 aliphatic rings. The summed E-state index contributed by atoms with van der Waals surface area (Å²) in [6.07, 6.45) is 2.93. The van der Waals surface area contributed by atoms with Crippen molar-refractivity contribution in [2.75, 3.05) is 5.32 Å². The second-order valence-electron chi connectivity index (χ2n) is 4.92. The Morgan fingerprint density at radius 2 is 2.30 bits per heavy atom. The SMILES string of the molecule is CCC(Nc1cnc2c(c1)c(C)nn2C)c1cccs1. The maximum absolute atomic E-state index is 4.51. The van der Waals surface area contributed by atoms with Crippen LogP contribution in [0.2, 0.25) is 0 Å². The highest BCUT2D eigenvalue weighted by molar-refractivity contribution is 7.10. The Labute approximate surface area is 122 Å². The molecule has 0 spiro atoms. The summed E-state index contributed by atoms with van der Waals surface area (Å²) in [5, 5.41) is 11.2. The first-order valence-electron chi connectivity index (χ1n) is 6.78. The number of pyridine rings is 1. The lowest BCUT2D eigenvalue weighted by molar-refractivity contribution is 0.762. The molecule has 1 N–H and O–H groups in total. The molecule has 0 saturated heterocycles. The first-order chi connectivity index (χ1) is 9.69. The van der Waals surface area contributed by atoms with Gasteiger partial charge in [-0.1, -0.05) is 13.0 Å². The summed E-state index contributed by atoms with van der Waals surface area (Å²) in [6.45, 7) is 4.21. The number of fused-ring (bicyclic) bond motifs is 1. The molecule has 0 aromatic carbocycles. The average Bonchev–Trinajstić information content (AvgIpc) is 3.06. The van der Waals surface area contributed by atoms with Crippen LogP contribution in [0, 0.1) is 6.92 Å². The van der Waals surface area contributed by atoms with Crippen molar-refractivity contribution in [1.82, 2.24) is 14.8 Å². The highest BCUT2D eigenvalue weighted by atomic mass is 32.1. The molecule has 3 aromatic heterocycles. The van der Waals surface area contributed by atoms with Crippen molar-refractivity contribution in [3.63, 3.8) is 0 Å². The first-order valence-corrected chi connectivity index (χ1v) is 7.66. The van der Waals surface area contributed by atoms with Crippen molar-refractivity contribution in [2.45, 2.75) is 26.3 Å². The molecule has 0 amide bonds. The Balaban J connectivity index is 1.92. The molecule has 3 heterocycles. The summed E-state index contributed by atoms with van der Waals surface area (Å²) in [5.41, 5.74) is 2.99. The highest BCUT2D eigenvalue weighted by Crippen LogP contribution is 2.27. The van der Waals surface area contributed by atoms with Crippen molar-refractivity contribution < 1.29 is 0 Å². The van der Waals surface area contributed by atoms with Gasteiger partial charge in [0.2, 0.25) is 0 Å². The zero-order valence-corrected chi connectivity index (χ0v) is 12.7. The fourth-order valence-corrected chi connectivity index (χ4v) is 3.31. The van der Waals surface area contributed by atoms with Gasteiger partial charge in [0.25, 0.3) is 0 Å². The van der Waals surface area contributed by atoms with Crippen molar-refractivity contribution in [1.29, 1.82) is 0 Å². The van der Waals surface area contributed by atoms with Crippen LogP contribution < -0.4 is 5.32 Å². The second-order valence-corrected chi connectivity index (χ2v) is 5.90. The molecule has 1 unspecified atom stereocenters. The van der Waals surface area contributed by atoms with Crippen LogP contribution in [0.3, 0.4) is 0 Å². The van der Waals surface area contributed by atoms with Crippen molar-refractivity contribution >= 4 is 28.1 Å². The molecule has 1 atom stereocenters. The molecule has 20 heavy (non-hydrogen) atoms. The summed E-state index contributed by atoms with van der Waals surface area (Å²) >= 11 is 1.79. The van der Waals surface area contributed by atoms with E-state index < -0.39 is 0 Å². The topological polar surface area (TPSA) is 42.7 Å². The molecule has 3 aromatic rings. The van der Waals surface area contributed by atoms with Crippen LogP contribution in [0.5, 0.6) is 0 Å². The fraction of sp³-hybridized carbons (Fsp3) is 0.333. The van der Waals surface area contributed by atoms with E-state index in [9.17, 15) is 0 Å². The monoisotopic (exact) mass is 286 g/mol. The summed E-state index contributed by atoms with van der Waals surface area (Å²) in [6, 6.07) is 6.75. The number of hydrogen-bond acceptors (Lipinski definition) is 4. The lowest BCUT2D eigenvalue weighted by Gasteiger charge is -2.16. The van der Waals surface area contributed by atoms with E-state index in [1.165, 1.54) is 4.88 Å². The van der Waals surface area contributed by atoms with E-state index in [2.05, 4.69) is 45.9 Å². The molecule has 3 rings (SSSR count). The Morgan fingerprint density at radius 1 is 1.45 bits per heavy atom. The molecule has 0 radical (unpaired) electrons. The van der Waals surface area contributed by atoms with E-state index in [1.54, 1.807) is 11.3 Å². The van der Waals surface area contributed by atoms with Crippen LogP contribution in [0.1, 0.15) is 30.0 Å². The van der Waals surface area contributed by atoms with Crippen LogP contribution in [-0.4, -0.2) is 14.8 Å². The molecule has 0 aliphatic carbocycles. The minimum absolute atomic E-state index is 0.339. The zero-order chi connectivity index (χ0) is 14.1. The Morgan fingerprint density at radius 3 is 3.00 bits per heavy atom. The highest BCUT2D eigenvalue weighted by Gasteiger charge is 2.12.